The summed E-state index contributed by atoms with van der Waals surface area (Å²) >= 11 is 0. The fraction of sp³-hybridized carbons (Fsp3) is 0.222. The summed E-state index contributed by atoms with van der Waals surface area (Å²) in [6, 6.07) is 2.76. The standard InChI is InChI=1S/C9H9FO5/c10-6-2-1-4(11)3-5(6)7(12)8(13)9(14)15/h1-3,7-8,11-13H,(H,14,15). The number of aliphatic hydroxyl groups is 2. The van der Waals surface area contributed by atoms with E-state index in [0.717, 1.165) is 18.2 Å². The predicted molar refractivity (Wildman–Crippen MR) is 46.7 cm³/mol. The van der Waals surface area contributed by atoms with Gasteiger partial charge in [0.05, 0.1) is 0 Å². The van der Waals surface area contributed by atoms with Crippen LogP contribution >= 0.6 is 0 Å². The topological polar surface area (TPSA) is 98.0 Å². The molecule has 0 spiro atoms. The molecule has 0 heterocycles. The van der Waals surface area contributed by atoms with E-state index < -0.39 is 29.6 Å². The molecule has 5 nitrogen and oxygen atoms in total. The number of hydrogen-bond acceptors (Lipinski definition) is 4. The van der Waals surface area contributed by atoms with Crippen molar-refractivity contribution in [3.8, 4) is 5.75 Å². The Morgan fingerprint density at radius 3 is 2.47 bits per heavy atom. The van der Waals surface area contributed by atoms with Crippen LogP contribution in [0.15, 0.2) is 18.2 Å². The van der Waals surface area contributed by atoms with E-state index in [1.54, 1.807) is 0 Å². The summed E-state index contributed by atoms with van der Waals surface area (Å²) in [5, 5.41) is 35.6. The normalized spacial score (nSPS) is 14.6. The maximum absolute atomic E-state index is 13.1. The molecule has 6 heteroatoms. The van der Waals surface area contributed by atoms with Gasteiger partial charge in [0.15, 0.2) is 6.10 Å². The molecule has 0 fully saturated rings. The first kappa shape index (κ1) is 11.4. The van der Waals surface area contributed by atoms with Crippen LogP contribution in [0.3, 0.4) is 0 Å². The van der Waals surface area contributed by atoms with Gasteiger partial charge in [0.2, 0.25) is 0 Å². The number of hydrogen-bond donors (Lipinski definition) is 4. The molecule has 0 bridgehead atoms. The first-order valence-corrected chi connectivity index (χ1v) is 4.01. The van der Waals surface area contributed by atoms with E-state index in [4.69, 9.17) is 15.3 Å². The van der Waals surface area contributed by atoms with E-state index in [2.05, 4.69) is 0 Å². The average molecular weight is 216 g/mol. The molecule has 0 saturated carbocycles. The number of phenols is 1. The van der Waals surface area contributed by atoms with Crippen LogP contribution in [0.5, 0.6) is 5.75 Å². The first-order chi connectivity index (χ1) is 6.93. The number of carbonyl (C=O) groups is 1. The summed E-state index contributed by atoms with van der Waals surface area (Å²) in [6.07, 6.45) is -4.06. The van der Waals surface area contributed by atoms with Crippen molar-refractivity contribution in [1.82, 2.24) is 0 Å². The highest BCUT2D eigenvalue weighted by atomic mass is 19.1. The Bertz CT molecular complexity index is 379. The monoisotopic (exact) mass is 216 g/mol. The summed E-state index contributed by atoms with van der Waals surface area (Å²) in [7, 11) is 0. The van der Waals surface area contributed by atoms with Gasteiger partial charge in [0.1, 0.15) is 17.7 Å². The number of carboxylic acids is 1. The zero-order valence-electron chi connectivity index (χ0n) is 7.46. The molecule has 0 saturated heterocycles. The second kappa shape index (κ2) is 4.24. The zero-order valence-corrected chi connectivity index (χ0v) is 7.46. The zero-order chi connectivity index (χ0) is 11.6. The lowest BCUT2D eigenvalue weighted by molar-refractivity contribution is -0.153. The second-order valence-corrected chi connectivity index (χ2v) is 2.93. The minimum atomic E-state index is -2.14. The van der Waals surface area contributed by atoms with Crippen molar-refractivity contribution in [3.05, 3.63) is 29.6 Å². The molecule has 0 aliphatic rings. The third-order valence-electron chi connectivity index (χ3n) is 1.85. The highest BCUT2D eigenvalue weighted by Gasteiger charge is 2.27. The van der Waals surface area contributed by atoms with E-state index in [1.165, 1.54) is 0 Å². The number of aliphatic hydroxyl groups excluding tert-OH is 2. The van der Waals surface area contributed by atoms with E-state index in [-0.39, 0.29) is 5.75 Å². The molecule has 0 aliphatic carbocycles. The van der Waals surface area contributed by atoms with E-state index in [1.807, 2.05) is 0 Å². The molecule has 1 aromatic rings. The molecule has 82 valence electrons. The summed E-state index contributed by atoms with van der Waals surface area (Å²) in [5.74, 6) is -2.91. The minimum Gasteiger partial charge on any atom is -0.508 e. The van der Waals surface area contributed by atoms with Crippen LogP contribution in [0, 0.1) is 5.82 Å². The van der Waals surface area contributed by atoms with Gasteiger partial charge in [0.25, 0.3) is 0 Å². The Balaban J connectivity index is 3.04. The summed E-state index contributed by atoms with van der Waals surface area (Å²) < 4.78 is 13.1. The highest BCUT2D eigenvalue weighted by molar-refractivity contribution is 5.73. The van der Waals surface area contributed by atoms with Crippen molar-refractivity contribution in [2.45, 2.75) is 12.2 Å². The van der Waals surface area contributed by atoms with Crippen molar-refractivity contribution in [1.29, 1.82) is 0 Å². The fourth-order valence-electron chi connectivity index (χ4n) is 1.06. The van der Waals surface area contributed by atoms with E-state index in [9.17, 15) is 14.3 Å². The molecule has 15 heavy (non-hydrogen) atoms. The largest absolute Gasteiger partial charge is 0.508 e. The maximum atomic E-state index is 13.1. The number of phenolic OH excluding ortho intramolecular Hbond substituents is 1. The van der Waals surface area contributed by atoms with Crippen LogP contribution in [-0.2, 0) is 4.79 Å². The number of carboxylic acid groups (broad SMARTS) is 1. The maximum Gasteiger partial charge on any atom is 0.335 e. The van der Waals surface area contributed by atoms with Gasteiger partial charge in [0, 0.05) is 5.56 Å². The SMILES string of the molecule is O=C(O)C(O)C(O)c1cc(O)ccc1F. The Kier molecular flexibility index (Phi) is 3.23. The van der Waals surface area contributed by atoms with Crippen molar-refractivity contribution >= 4 is 5.97 Å². The van der Waals surface area contributed by atoms with Gasteiger partial charge in [-0.1, -0.05) is 0 Å². The summed E-state index contributed by atoms with van der Waals surface area (Å²) in [6.45, 7) is 0. The van der Waals surface area contributed by atoms with Crippen molar-refractivity contribution < 1.29 is 29.6 Å². The summed E-state index contributed by atoms with van der Waals surface area (Å²) in [5.41, 5.74) is -0.468. The molecule has 2 atom stereocenters. The van der Waals surface area contributed by atoms with Crippen LogP contribution in [0.2, 0.25) is 0 Å². The fourth-order valence-corrected chi connectivity index (χ4v) is 1.06. The van der Waals surface area contributed by atoms with Crippen LogP contribution in [0.1, 0.15) is 11.7 Å². The third-order valence-corrected chi connectivity index (χ3v) is 1.85. The smallest absolute Gasteiger partial charge is 0.335 e. The Morgan fingerprint density at radius 2 is 1.93 bits per heavy atom. The number of benzene rings is 1. The molecular formula is C9H9FO5. The second-order valence-electron chi connectivity index (χ2n) is 2.93. The molecule has 0 amide bonds. The van der Waals surface area contributed by atoms with E-state index >= 15 is 0 Å². The molecule has 0 aromatic heterocycles. The van der Waals surface area contributed by atoms with Crippen molar-refractivity contribution in [2.75, 3.05) is 0 Å². The van der Waals surface area contributed by atoms with E-state index in [0.29, 0.717) is 0 Å². The quantitative estimate of drug-likeness (QED) is 0.570. The van der Waals surface area contributed by atoms with Gasteiger partial charge >= 0.3 is 5.97 Å². The van der Waals surface area contributed by atoms with Gasteiger partial charge < -0.3 is 20.4 Å². The molecule has 0 aliphatic heterocycles. The Labute approximate surface area is 84.0 Å². The van der Waals surface area contributed by atoms with Crippen LogP contribution in [0.4, 0.5) is 4.39 Å². The molecular weight excluding hydrogens is 207 g/mol. The van der Waals surface area contributed by atoms with Crippen LogP contribution in [0.25, 0.3) is 0 Å². The van der Waals surface area contributed by atoms with Gasteiger partial charge in [-0.2, -0.15) is 0 Å². The van der Waals surface area contributed by atoms with Crippen molar-refractivity contribution in [2.24, 2.45) is 0 Å². The third kappa shape index (κ3) is 2.42. The number of halogens is 1. The highest BCUT2D eigenvalue weighted by Crippen LogP contribution is 2.24. The lowest BCUT2D eigenvalue weighted by atomic mass is 10.0. The number of aliphatic carboxylic acids is 1. The van der Waals surface area contributed by atoms with Crippen molar-refractivity contribution in [3.63, 3.8) is 0 Å². The molecule has 1 rings (SSSR count). The molecule has 1 aromatic carbocycles. The lowest BCUT2D eigenvalue weighted by Crippen LogP contribution is -2.28. The van der Waals surface area contributed by atoms with Crippen LogP contribution < -0.4 is 0 Å². The van der Waals surface area contributed by atoms with Gasteiger partial charge in [-0.15, -0.1) is 0 Å². The minimum absolute atomic E-state index is 0.331. The first-order valence-electron chi connectivity index (χ1n) is 4.01. The van der Waals surface area contributed by atoms with Gasteiger partial charge in [-0.3, -0.25) is 0 Å². The molecule has 2 unspecified atom stereocenters. The number of aromatic hydroxyl groups is 1. The molecule has 4 N–H and O–H groups in total. The predicted octanol–water partition coefficient (Wildman–Crippen LogP) is 0.0102. The Morgan fingerprint density at radius 1 is 1.33 bits per heavy atom. The Hall–Kier alpha value is -1.66. The van der Waals surface area contributed by atoms with Crippen LogP contribution in [-0.4, -0.2) is 32.5 Å². The van der Waals surface area contributed by atoms with Gasteiger partial charge in [-0.25, -0.2) is 9.18 Å². The lowest BCUT2D eigenvalue weighted by Gasteiger charge is -2.15. The van der Waals surface area contributed by atoms with Gasteiger partial charge in [-0.05, 0) is 18.2 Å². The summed E-state index contributed by atoms with van der Waals surface area (Å²) in [4.78, 5) is 10.3. The average Bonchev–Trinajstić information content (AvgIpc) is 2.19. The molecule has 0 radical (unpaired) electrons. The number of rotatable bonds is 3.